The molecule has 1 aromatic rings. The molecule has 0 atom stereocenters. The maximum Gasteiger partial charge on any atom is 0.266 e. The van der Waals surface area contributed by atoms with Crippen molar-refractivity contribution < 1.29 is 17.6 Å². The lowest BCUT2D eigenvalue weighted by atomic mass is 10.3. The summed E-state index contributed by atoms with van der Waals surface area (Å²) in [5.41, 5.74) is 0. The highest BCUT2D eigenvalue weighted by molar-refractivity contribution is 8.71. The van der Waals surface area contributed by atoms with Crippen molar-refractivity contribution in [2.24, 2.45) is 5.14 Å². The Morgan fingerprint density at radius 1 is 1.29 bits per heavy atom. The van der Waals surface area contributed by atoms with E-state index in [0.717, 1.165) is 0 Å². The predicted molar refractivity (Wildman–Crippen MR) is 56.1 cm³/mol. The molecule has 2 N–H and O–H groups in total. The molecule has 0 heterocycles. The molecule has 78 valence electrons. The lowest BCUT2D eigenvalue weighted by Crippen LogP contribution is -2.05. The van der Waals surface area contributed by atoms with Crippen LogP contribution in [0.1, 0.15) is 0 Å². The van der Waals surface area contributed by atoms with Crippen molar-refractivity contribution in [1.82, 2.24) is 0 Å². The molecule has 0 spiro atoms. The Morgan fingerprint density at radius 3 is 2.29 bits per heavy atom. The molecule has 0 aliphatic heterocycles. The lowest BCUT2D eigenvalue weighted by molar-refractivity contribution is -0.0742. The normalized spacial score (nSPS) is 11.3. The summed E-state index contributed by atoms with van der Waals surface area (Å²) in [7, 11) is -3.01. The van der Waals surface area contributed by atoms with Gasteiger partial charge in [0.05, 0.1) is 0 Å². The molecule has 0 bridgehead atoms. The molecule has 0 aliphatic rings. The number of hydrogen-bond donors (Lipinski definition) is 2. The van der Waals surface area contributed by atoms with Crippen molar-refractivity contribution in [2.45, 2.75) is 4.90 Å². The van der Waals surface area contributed by atoms with Crippen molar-refractivity contribution in [2.75, 3.05) is 0 Å². The number of thiol groups is 1. The summed E-state index contributed by atoms with van der Waals surface area (Å²) in [5, 5.41) is 4.83. The van der Waals surface area contributed by atoms with Gasteiger partial charge < -0.3 is 4.89 Å². The first-order valence-corrected chi connectivity index (χ1v) is 6.56. The second-order valence-corrected chi connectivity index (χ2v) is 5.87. The molecular formula is C6H7NO4S3. The standard InChI is InChI=1S/C6H7NO4S3/c7-14(8,9)13-6-3-1-5(2-4-6)10-11-12/h1-4,12H,(H2,7,8,9). The first-order valence-electron chi connectivity index (χ1n) is 3.31. The van der Waals surface area contributed by atoms with Gasteiger partial charge >= 0.3 is 0 Å². The van der Waals surface area contributed by atoms with E-state index < -0.39 is 9.06 Å². The molecule has 5 nitrogen and oxygen atoms in total. The van der Waals surface area contributed by atoms with Crippen LogP contribution in [0.15, 0.2) is 29.2 Å². The number of nitrogens with two attached hydrogens (primary N) is 1. The van der Waals surface area contributed by atoms with Crippen LogP contribution >= 0.6 is 23.7 Å². The summed E-state index contributed by atoms with van der Waals surface area (Å²) in [4.78, 5) is 5.06. The third-order valence-corrected chi connectivity index (χ3v) is 3.22. The molecule has 0 unspecified atom stereocenters. The van der Waals surface area contributed by atoms with Crippen molar-refractivity contribution in [3.63, 3.8) is 0 Å². The molecule has 0 saturated carbocycles. The van der Waals surface area contributed by atoms with Crippen molar-refractivity contribution in [3.8, 4) is 5.75 Å². The van der Waals surface area contributed by atoms with Crippen LogP contribution in [0.4, 0.5) is 0 Å². The summed E-state index contributed by atoms with van der Waals surface area (Å²) in [6.45, 7) is 0. The van der Waals surface area contributed by atoms with Gasteiger partial charge in [0.25, 0.3) is 9.06 Å². The minimum absolute atomic E-state index is 0.416. The average molecular weight is 253 g/mol. The molecule has 0 saturated heterocycles. The van der Waals surface area contributed by atoms with Crippen molar-refractivity contribution in [3.05, 3.63) is 24.3 Å². The van der Waals surface area contributed by atoms with Gasteiger partial charge in [0, 0.05) is 28.6 Å². The minimum atomic E-state index is -3.57. The monoisotopic (exact) mass is 253 g/mol. The largest absolute Gasteiger partial charge is 0.325 e. The smallest absolute Gasteiger partial charge is 0.266 e. The van der Waals surface area contributed by atoms with Crippen LogP contribution < -0.4 is 10.0 Å². The van der Waals surface area contributed by atoms with E-state index in [9.17, 15) is 8.42 Å². The summed E-state index contributed by atoms with van der Waals surface area (Å²) in [5.74, 6) is 0.416. The van der Waals surface area contributed by atoms with Gasteiger partial charge in [0.2, 0.25) is 0 Å². The molecular weight excluding hydrogens is 246 g/mol. The van der Waals surface area contributed by atoms with E-state index >= 15 is 0 Å². The summed E-state index contributed by atoms with van der Waals surface area (Å²) in [6, 6.07) is 6.14. The Labute approximate surface area is 90.6 Å². The third-order valence-electron chi connectivity index (χ3n) is 1.17. The van der Waals surface area contributed by atoms with Crippen molar-refractivity contribution in [1.29, 1.82) is 0 Å². The summed E-state index contributed by atoms with van der Waals surface area (Å²) < 4.78 is 25.5. The van der Waals surface area contributed by atoms with Gasteiger partial charge in [0.15, 0.2) is 5.75 Å². The number of rotatable bonds is 4. The Bertz CT molecular complexity index is 388. The molecule has 0 aliphatic carbocycles. The molecule has 14 heavy (non-hydrogen) atoms. The SMILES string of the molecule is NS(=O)(=O)Sc1ccc(OOS)cc1. The van der Waals surface area contributed by atoms with Gasteiger partial charge in [-0.1, -0.05) is 0 Å². The number of benzene rings is 1. The van der Waals surface area contributed by atoms with Crippen LogP contribution in [0.5, 0.6) is 5.75 Å². The topological polar surface area (TPSA) is 78.6 Å². The van der Waals surface area contributed by atoms with Gasteiger partial charge in [-0.3, -0.25) is 0 Å². The van der Waals surface area contributed by atoms with E-state index in [4.69, 9.17) is 5.14 Å². The second kappa shape index (κ2) is 4.89. The van der Waals surface area contributed by atoms with Crippen LogP contribution in [0.2, 0.25) is 0 Å². The third kappa shape index (κ3) is 4.20. The van der Waals surface area contributed by atoms with Crippen LogP contribution in [0.25, 0.3) is 0 Å². The highest BCUT2D eigenvalue weighted by atomic mass is 33.1. The summed E-state index contributed by atoms with van der Waals surface area (Å²) >= 11 is 3.38. The van der Waals surface area contributed by atoms with E-state index in [2.05, 4.69) is 22.1 Å². The number of hydrogen-bond acceptors (Lipinski definition) is 6. The highest BCUT2D eigenvalue weighted by Crippen LogP contribution is 2.24. The van der Waals surface area contributed by atoms with Gasteiger partial charge in [-0.2, -0.15) is 0 Å². The Hall–Kier alpha value is -0.410. The quantitative estimate of drug-likeness (QED) is 0.276. The van der Waals surface area contributed by atoms with Gasteiger partial charge in [0.1, 0.15) is 0 Å². The van der Waals surface area contributed by atoms with Crippen LogP contribution in [-0.4, -0.2) is 8.42 Å². The van der Waals surface area contributed by atoms with Gasteiger partial charge in [-0.25, -0.2) is 13.6 Å². The van der Waals surface area contributed by atoms with E-state index in [-0.39, 0.29) is 0 Å². The minimum Gasteiger partial charge on any atom is -0.325 e. The molecule has 0 aromatic heterocycles. The average Bonchev–Trinajstić information content (AvgIpc) is 2.06. The predicted octanol–water partition coefficient (Wildman–Crippen LogP) is 1.14. The first kappa shape index (κ1) is 11.7. The molecule has 0 amide bonds. The highest BCUT2D eigenvalue weighted by Gasteiger charge is 2.05. The zero-order valence-electron chi connectivity index (χ0n) is 6.78. The van der Waals surface area contributed by atoms with E-state index in [1.54, 1.807) is 0 Å². The first-order chi connectivity index (χ1) is 6.51. The Kier molecular flexibility index (Phi) is 4.08. The zero-order chi connectivity index (χ0) is 10.6. The van der Waals surface area contributed by atoms with Gasteiger partial charge in [-0.05, 0) is 24.3 Å². The summed E-state index contributed by atoms with van der Waals surface area (Å²) in [6.07, 6.45) is 0. The maximum absolute atomic E-state index is 10.7. The fourth-order valence-corrected chi connectivity index (χ4v) is 2.47. The molecule has 1 aromatic carbocycles. The van der Waals surface area contributed by atoms with Gasteiger partial charge in [-0.15, -0.1) is 4.33 Å². The van der Waals surface area contributed by atoms with E-state index in [1.807, 2.05) is 0 Å². The zero-order valence-corrected chi connectivity index (χ0v) is 9.31. The van der Waals surface area contributed by atoms with Crippen LogP contribution in [-0.2, 0) is 13.4 Å². The van der Waals surface area contributed by atoms with Crippen molar-refractivity contribution >= 4 is 32.8 Å². The Balaban J connectivity index is 2.74. The Morgan fingerprint density at radius 2 is 1.86 bits per heavy atom. The van der Waals surface area contributed by atoms with E-state index in [0.29, 0.717) is 21.4 Å². The molecule has 8 heteroatoms. The van der Waals surface area contributed by atoms with Crippen LogP contribution in [0, 0.1) is 0 Å². The fourth-order valence-electron chi connectivity index (χ4n) is 0.728. The second-order valence-electron chi connectivity index (χ2n) is 2.21. The van der Waals surface area contributed by atoms with E-state index in [1.165, 1.54) is 24.3 Å². The molecule has 1 rings (SSSR count). The lowest BCUT2D eigenvalue weighted by Gasteiger charge is -2.00. The molecule has 0 radical (unpaired) electrons. The molecule has 0 fully saturated rings. The fraction of sp³-hybridized carbons (Fsp3) is 0. The van der Waals surface area contributed by atoms with Crippen LogP contribution in [0.3, 0.4) is 0 Å². The maximum atomic E-state index is 10.7.